The van der Waals surface area contributed by atoms with Gasteiger partial charge in [0.1, 0.15) is 11.7 Å². The average Bonchev–Trinajstić information content (AvgIpc) is 2.27. The molecule has 100 valence electrons. The van der Waals surface area contributed by atoms with Gasteiger partial charge in [0.05, 0.1) is 6.61 Å². The highest BCUT2D eigenvalue weighted by Gasteiger charge is 2.23. The molecule has 0 heterocycles. The third-order valence-corrected chi connectivity index (χ3v) is 2.71. The van der Waals surface area contributed by atoms with Crippen LogP contribution in [0, 0.1) is 5.92 Å². The van der Waals surface area contributed by atoms with Crippen LogP contribution in [0.15, 0.2) is 0 Å². The summed E-state index contributed by atoms with van der Waals surface area (Å²) < 4.78 is 4.87. The Morgan fingerprint density at radius 3 is 2.24 bits per heavy atom. The number of ether oxygens (including phenoxy) is 1. The van der Waals surface area contributed by atoms with E-state index in [1.54, 1.807) is 6.92 Å². The zero-order valence-electron chi connectivity index (χ0n) is 10.9. The molecule has 0 saturated carbocycles. The molecule has 0 aromatic heterocycles. The lowest BCUT2D eigenvalue weighted by Crippen LogP contribution is -2.24. The van der Waals surface area contributed by atoms with Gasteiger partial charge in [-0.3, -0.25) is 9.59 Å². The van der Waals surface area contributed by atoms with Crippen molar-refractivity contribution >= 4 is 11.8 Å². The molecule has 1 atom stereocenters. The minimum Gasteiger partial charge on any atom is -0.465 e. The molecular weight excluding hydrogens is 220 g/mol. The van der Waals surface area contributed by atoms with Gasteiger partial charge in [0.15, 0.2) is 0 Å². The smallest absolute Gasteiger partial charge is 0.316 e. The van der Waals surface area contributed by atoms with Crippen molar-refractivity contribution in [1.82, 2.24) is 0 Å². The quantitative estimate of drug-likeness (QED) is 0.363. The number of esters is 1. The Labute approximate surface area is 103 Å². The Kier molecular flexibility index (Phi) is 9.72. The molecule has 0 radical (unpaired) electrons. The topological polar surface area (TPSA) is 63.6 Å². The van der Waals surface area contributed by atoms with Crippen LogP contribution in [0.5, 0.6) is 0 Å². The van der Waals surface area contributed by atoms with Gasteiger partial charge in [0.25, 0.3) is 0 Å². The molecule has 0 aromatic carbocycles. The average molecular weight is 244 g/mol. The van der Waals surface area contributed by atoms with Gasteiger partial charge in [-0.05, 0) is 26.7 Å². The minimum absolute atomic E-state index is 0.112. The Bertz CT molecular complexity index is 225. The predicted octanol–water partition coefficient (Wildman–Crippen LogP) is 2.09. The summed E-state index contributed by atoms with van der Waals surface area (Å²) in [5, 5.41) is 8.61. The number of unbranched alkanes of at least 4 members (excludes halogenated alkanes) is 4. The summed E-state index contributed by atoms with van der Waals surface area (Å²) in [7, 11) is 0. The van der Waals surface area contributed by atoms with Crippen molar-refractivity contribution < 1.29 is 19.4 Å². The van der Waals surface area contributed by atoms with Gasteiger partial charge in [-0.15, -0.1) is 0 Å². The maximum absolute atomic E-state index is 11.5. The van der Waals surface area contributed by atoms with Gasteiger partial charge < -0.3 is 9.84 Å². The van der Waals surface area contributed by atoms with E-state index >= 15 is 0 Å². The molecule has 0 bridgehead atoms. The molecule has 0 aliphatic heterocycles. The first kappa shape index (κ1) is 16.1. The molecule has 1 N–H and O–H groups in total. The normalized spacial score (nSPS) is 12.2. The number of hydrogen-bond acceptors (Lipinski definition) is 4. The summed E-state index contributed by atoms with van der Waals surface area (Å²) >= 11 is 0. The van der Waals surface area contributed by atoms with Gasteiger partial charge in [0, 0.05) is 6.61 Å². The Hall–Kier alpha value is -0.900. The first-order chi connectivity index (χ1) is 8.13. The van der Waals surface area contributed by atoms with Crippen molar-refractivity contribution in [2.45, 2.75) is 52.4 Å². The molecule has 0 aromatic rings. The summed E-state index contributed by atoms with van der Waals surface area (Å²) in [5.41, 5.74) is 0. The van der Waals surface area contributed by atoms with Crippen LogP contribution in [0.25, 0.3) is 0 Å². The van der Waals surface area contributed by atoms with Gasteiger partial charge in [-0.25, -0.2) is 0 Å². The predicted molar refractivity (Wildman–Crippen MR) is 65.6 cm³/mol. The standard InChI is InChI=1S/C13H24O4/c1-3-17-13(16)12(11(2)15)9-7-5-4-6-8-10-14/h12,14H,3-10H2,1-2H3. The van der Waals surface area contributed by atoms with E-state index in [4.69, 9.17) is 9.84 Å². The lowest BCUT2D eigenvalue weighted by Gasteiger charge is -2.12. The highest BCUT2D eigenvalue weighted by molar-refractivity contribution is 5.97. The van der Waals surface area contributed by atoms with Crippen LogP contribution in [-0.2, 0) is 14.3 Å². The molecule has 17 heavy (non-hydrogen) atoms. The van der Waals surface area contributed by atoms with Crippen molar-refractivity contribution in [3.63, 3.8) is 0 Å². The molecule has 0 aliphatic rings. The van der Waals surface area contributed by atoms with Gasteiger partial charge in [-0.1, -0.05) is 25.7 Å². The summed E-state index contributed by atoms with van der Waals surface area (Å²) in [5.74, 6) is -1.10. The number of aliphatic hydroxyl groups excluding tert-OH is 1. The second kappa shape index (κ2) is 10.3. The number of rotatable bonds is 10. The second-order valence-corrected chi connectivity index (χ2v) is 4.20. The highest BCUT2D eigenvalue weighted by Crippen LogP contribution is 2.14. The van der Waals surface area contributed by atoms with E-state index in [-0.39, 0.29) is 12.4 Å². The molecule has 0 fully saturated rings. The molecular formula is C13H24O4. The number of hydrogen-bond donors (Lipinski definition) is 1. The van der Waals surface area contributed by atoms with Gasteiger partial charge in [0.2, 0.25) is 0 Å². The number of carbonyl (C=O) groups excluding carboxylic acids is 2. The van der Waals surface area contributed by atoms with E-state index < -0.39 is 11.9 Å². The maximum atomic E-state index is 11.5. The summed E-state index contributed by atoms with van der Waals surface area (Å²) in [6.45, 7) is 3.73. The summed E-state index contributed by atoms with van der Waals surface area (Å²) in [4.78, 5) is 22.8. The molecule has 0 aliphatic carbocycles. The number of aliphatic hydroxyl groups is 1. The molecule has 0 saturated heterocycles. The van der Waals surface area contributed by atoms with E-state index in [1.807, 2.05) is 0 Å². The lowest BCUT2D eigenvalue weighted by molar-refractivity contribution is -0.151. The van der Waals surface area contributed by atoms with E-state index in [1.165, 1.54) is 6.92 Å². The zero-order chi connectivity index (χ0) is 13.1. The SMILES string of the molecule is CCOC(=O)C(CCCCCCCO)C(C)=O. The Morgan fingerprint density at radius 2 is 1.71 bits per heavy atom. The molecule has 1 unspecified atom stereocenters. The number of carbonyl (C=O) groups is 2. The van der Waals surface area contributed by atoms with E-state index in [2.05, 4.69) is 0 Å². The maximum Gasteiger partial charge on any atom is 0.316 e. The fraction of sp³-hybridized carbons (Fsp3) is 0.846. The zero-order valence-corrected chi connectivity index (χ0v) is 10.9. The largest absolute Gasteiger partial charge is 0.465 e. The van der Waals surface area contributed by atoms with E-state index in [0.29, 0.717) is 13.0 Å². The summed E-state index contributed by atoms with van der Waals surface area (Å²) in [6, 6.07) is 0. The molecule has 0 spiro atoms. The number of ketones is 1. The monoisotopic (exact) mass is 244 g/mol. The van der Waals surface area contributed by atoms with Crippen LogP contribution in [0.2, 0.25) is 0 Å². The summed E-state index contributed by atoms with van der Waals surface area (Å²) in [6.07, 6.45) is 5.29. The number of Topliss-reactive ketones (excluding diaryl/α,β-unsaturated/α-hetero) is 1. The van der Waals surface area contributed by atoms with Gasteiger partial charge >= 0.3 is 5.97 Å². The van der Waals surface area contributed by atoms with Gasteiger partial charge in [-0.2, -0.15) is 0 Å². The highest BCUT2D eigenvalue weighted by atomic mass is 16.5. The van der Waals surface area contributed by atoms with Crippen molar-refractivity contribution in [2.75, 3.05) is 13.2 Å². The van der Waals surface area contributed by atoms with Crippen LogP contribution in [-0.4, -0.2) is 30.1 Å². The molecule has 0 amide bonds. The Morgan fingerprint density at radius 1 is 1.12 bits per heavy atom. The van der Waals surface area contributed by atoms with E-state index in [0.717, 1.165) is 32.1 Å². The van der Waals surface area contributed by atoms with Crippen LogP contribution >= 0.6 is 0 Å². The van der Waals surface area contributed by atoms with Crippen LogP contribution in [0.1, 0.15) is 52.4 Å². The molecule has 4 heteroatoms. The van der Waals surface area contributed by atoms with E-state index in [9.17, 15) is 9.59 Å². The fourth-order valence-corrected chi connectivity index (χ4v) is 1.72. The minimum atomic E-state index is -0.590. The molecule has 0 rings (SSSR count). The van der Waals surface area contributed by atoms with Crippen LogP contribution in [0.4, 0.5) is 0 Å². The van der Waals surface area contributed by atoms with Crippen molar-refractivity contribution in [1.29, 1.82) is 0 Å². The van der Waals surface area contributed by atoms with Crippen molar-refractivity contribution in [2.24, 2.45) is 5.92 Å². The van der Waals surface area contributed by atoms with Crippen molar-refractivity contribution in [3.05, 3.63) is 0 Å². The van der Waals surface area contributed by atoms with Crippen LogP contribution in [0.3, 0.4) is 0 Å². The fourth-order valence-electron chi connectivity index (χ4n) is 1.72. The first-order valence-corrected chi connectivity index (χ1v) is 6.41. The van der Waals surface area contributed by atoms with Crippen molar-refractivity contribution in [3.8, 4) is 0 Å². The Balaban J connectivity index is 3.78. The second-order valence-electron chi connectivity index (χ2n) is 4.20. The third kappa shape index (κ3) is 7.91. The molecule has 4 nitrogen and oxygen atoms in total. The lowest BCUT2D eigenvalue weighted by atomic mass is 9.97. The third-order valence-electron chi connectivity index (χ3n) is 2.71. The first-order valence-electron chi connectivity index (χ1n) is 6.41. The van der Waals surface area contributed by atoms with Crippen LogP contribution < -0.4 is 0 Å².